The van der Waals surface area contributed by atoms with E-state index in [4.69, 9.17) is 0 Å². The fraction of sp³-hybridized carbons (Fsp3) is 0.632. The van der Waals surface area contributed by atoms with Crippen LogP contribution in [0.4, 0.5) is 0 Å². The lowest BCUT2D eigenvalue weighted by Gasteiger charge is -2.29. The molecule has 0 saturated carbocycles. The number of hydrogen-bond acceptors (Lipinski definition) is 2. The van der Waals surface area contributed by atoms with Crippen molar-refractivity contribution in [3.8, 4) is 0 Å². The topological polar surface area (TPSA) is 32.3 Å². The molecule has 3 nitrogen and oxygen atoms in total. The minimum atomic E-state index is 0.138. The monoisotopic (exact) mass is 302 g/mol. The summed E-state index contributed by atoms with van der Waals surface area (Å²) >= 11 is 0. The first-order valence-corrected chi connectivity index (χ1v) is 8.54. The summed E-state index contributed by atoms with van der Waals surface area (Å²) in [4.78, 5) is 14.7. The maximum Gasteiger partial charge on any atom is 0.220 e. The molecule has 1 aliphatic rings. The summed E-state index contributed by atoms with van der Waals surface area (Å²) in [7, 11) is 2.16. The highest BCUT2D eigenvalue weighted by Crippen LogP contribution is 2.23. The molecule has 0 aromatic heterocycles. The van der Waals surface area contributed by atoms with Crippen molar-refractivity contribution in [1.82, 2.24) is 10.2 Å². The number of benzene rings is 1. The third-order valence-electron chi connectivity index (χ3n) is 4.86. The average molecular weight is 302 g/mol. The Morgan fingerprint density at radius 3 is 2.59 bits per heavy atom. The van der Waals surface area contributed by atoms with Gasteiger partial charge < -0.3 is 10.2 Å². The summed E-state index contributed by atoms with van der Waals surface area (Å²) in [6.45, 7) is 8.61. The summed E-state index contributed by atoms with van der Waals surface area (Å²) in [5.74, 6) is 0.759. The number of aryl methyl sites for hydroxylation is 2. The van der Waals surface area contributed by atoms with E-state index in [1.165, 1.54) is 16.7 Å². The summed E-state index contributed by atoms with van der Waals surface area (Å²) in [5, 5.41) is 3.25. The van der Waals surface area contributed by atoms with Gasteiger partial charge in [0.05, 0.1) is 6.04 Å². The molecule has 2 rings (SSSR count). The molecule has 1 heterocycles. The Labute approximate surface area is 135 Å². The van der Waals surface area contributed by atoms with Crippen LogP contribution in [0.25, 0.3) is 0 Å². The maximum atomic E-state index is 12.4. The number of hydrogen-bond donors (Lipinski definition) is 1. The van der Waals surface area contributed by atoms with Crippen LogP contribution in [0.2, 0.25) is 0 Å². The highest BCUT2D eigenvalue weighted by molar-refractivity contribution is 5.76. The number of nitrogens with one attached hydrogen (secondary N) is 1. The molecule has 0 bridgehead atoms. The Morgan fingerprint density at radius 1 is 1.32 bits per heavy atom. The largest absolute Gasteiger partial charge is 0.349 e. The van der Waals surface area contributed by atoms with Gasteiger partial charge in [-0.2, -0.15) is 0 Å². The second kappa shape index (κ2) is 7.77. The van der Waals surface area contributed by atoms with E-state index in [-0.39, 0.29) is 11.9 Å². The van der Waals surface area contributed by atoms with E-state index in [1.807, 2.05) is 0 Å². The van der Waals surface area contributed by atoms with Gasteiger partial charge >= 0.3 is 0 Å². The minimum absolute atomic E-state index is 0.138. The molecular weight excluding hydrogens is 272 g/mol. The molecule has 1 aromatic carbocycles. The quantitative estimate of drug-likeness (QED) is 0.901. The Balaban J connectivity index is 1.93. The lowest BCUT2D eigenvalue weighted by atomic mass is 9.92. The number of amides is 1. The van der Waals surface area contributed by atoms with Gasteiger partial charge in [-0.25, -0.2) is 0 Å². The molecule has 1 amide bonds. The zero-order chi connectivity index (χ0) is 16.1. The first-order chi connectivity index (χ1) is 10.5. The first kappa shape index (κ1) is 17.0. The summed E-state index contributed by atoms with van der Waals surface area (Å²) in [6.07, 6.45) is 3.90. The predicted molar refractivity (Wildman–Crippen MR) is 91.9 cm³/mol. The molecule has 3 heteroatoms. The van der Waals surface area contributed by atoms with Gasteiger partial charge in [0.1, 0.15) is 0 Å². The molecule has 122 valence electrons. The number of rotatable bonds is 5. The highest BCUT2D eigenvalue weighted by Gasteiger charge is 2.21. The van der Waals surface area contributed by atoms with Gasteiger partial charge in [-0.15, -0.1) is 0 Å². The van der Waals surface area contributed by atoms with Crippen molar-refractivity contribution in [2.24, 2.45) is 5.92 Å². The van der Waals surface area contributed by atoms with E-state index in [0.29, 0.717) is 12.3 Å². The minimum Gasteiger partial charge on any atom is -0.349 e. The second-order valence-electron chi connectivity index (χ2n) is 6.84. The zero-order valence-corrected chi connectivity index (χ0v) is 14.5. The van der Waals surface area contributed by atoms with Crippen molar-refractivity contribution in [2.45, 2.75) is 52.5 Å². The van der Waals surface area contributed by atoms with Crippen LogP contribution < -0.4 is 5.32 Å². The number of likely N-dealkylation sites (tertiary alicyclic amines) is 1. The molecule has 22 heavy (non-hydrogen) atoms. The highest BCUT2D eigenvalue weighted by atomic mass is 16.1. The van der Waals surface area contributed by atoms with Crippen molar-refractivity contribution in [3.05, 3.63) is 34.9 Å². The van der Waals surface area contributed by atoms with E-state index >= 15 is 0 Å². The molecule has 1 aliphatic heterocycles. The molecule has 1 fully saturated rings. The van der Waals surface area contributed by atoms with E-state index in [9.17, 15) is 4.79 Å². The molecule has 0 aliphatic carbocycles. The number of carbonyl (C=O) groups excluding carboxylic acids is 1. The van der Waals surface area contributed by atoms with E-state index in [2.05, 4.69) is 56.2 Å². The molecule has 1 atom stereocenters. The first-order valence-electron chi connectivity index (χ1n) is 8.54. The molecule has 0 unspecified atom stereocenters. The van der Waals surface area contributed by atoms with Crippen LogP contribution >= 0.6 is 0 Å². The van der Waals surface area contributed by atoms with Gasteiger partial charge in [-0.1, -0.05) is 30.7 Å². The lowest BCUT2D eigenvalue weighted by Crippen LogP contribution is -2.34. The second-order valence-corrected chi connectivity index (χ2v) is 6.84. The van der Waals surface area contributed by atoms with Gasteiger partial charge in [-0.05, 0) is 70.3 Å². The number of carbonyl (C=O) groups is 1. The standard InChI is InChI=1S/C19H30N2O/c1-5-18(17-7-6-14(2)12-15(17)3)20-19(22)13-16-8-10-21(4)11-9-16/h6-7,12,16,18H,5,8-11,13H2,1-4H3,(H,20,22)/t18-/m0/s1. The average Bonchev–Trinajstić information content (AvgIpc) is 2.48. The van der Waals surface area contributed by atoms with E-state index in [1.54, 1.807) is 0 Å². The molecule has 1 aromatic rings. The molecule has 1 N–H and O–H groups in total. The van der Waals surface area contributed by atoms with Gasteiger partial charge in [0.15, 0.2) is 0 Å². The molecule has 0 radical (unpaired) electrons. The maximum absolute atomic E-state index is 12.4. The van der Waals surface area contributed by atoms with Gasteiger partial charge in [-0.3, -0.25) is 4.79 Å². The summed E-state index contributed by atoms with van der Waals surface area (Å²) in [6, 6.07) is 6.63. The Morgan fingerprint density at radius 2 is 2.00 bits per heavy atom. The fourth-order valence-corrected chi connectivity index (χ4v) is 3.40. The van der Waals surface area contributed by atoms with Crippen molar-refractivity contribution in [2.75, 3.05) is 20.1 Å². The van der Waals surface area contributed by atoms with Crippen molar-refractivity contribution < 1.29 is 4.79 Å². The molecule has 0 spiro atoms. The van der Waals surface area contributed by atoms with Crippen LogP contribution in [-0.4, -0.2) is 30.9 Å². The third-order valence-corrected chi connectivity index (χ3v) is 4.86. The van der Waals surface area contributed by atoms with Crippen molar-refractivity contribution >= 4 is 5.91 Å². The lowest BCUT2D eigenvalue weighted by molar-refractivity contribution is -0.123. The van der Waals surface area contributed by atoms with Crippen LogP contribution in [-0.2, 0) is 4.79 Å². The predicted octanol–water partition coefficient (Wildman–Crippen LogP) is 3.60. The Hall–Kier alpha value is -1.35. The number of nitrogens with zero attached hydrogens (tertiary/aromatic N) is 1. The van der Waals surface area contributed by atoms with Crippen LogP contribution in [0.15, 0.2) is 18.2 Å². The van der Waals surface area contributed by atoms with E-state index < -0.39 is 0 Å². The zero-order valence-electron chi connectivity index (χ0n) is 14.5. The van der Waals surface area contributed by atoms with E-state index in [0.717, 1.165) is 32.4 Å². The Bertz CT molecular complexity index is 504. The van der Waals surface area contributed by atoms with Crippen molar-refractivity contribution in [3.63, 3.8) is 0 Å². The molecular formula is C19H30N2O. The molecule has 1 saturated heterocycles. The van der Waals surface area contributed by atoms with Crippen LogP contribution in [0.5, 0.6) is 0 Å². The van der Waals surface area contributed by atoms with Gasteiger partial charge in [0.25, 0.3) is 0 Å². The smallest absolute Gasteiger partial charge is 0.220 e. The van der Waals surface area contributed by atoms with Gasteiger partial charge in [0, 0.05) is 6.42 Å². The third kappa shape index (κ3) is 4.57. The van der Waals surface area contributed by atoms with Crippen LogP contribution in [0.3, 0.4) is 0 Å². The SMILES string of the molecule is CC[C@H](NC(=O)CC1CCN(C)CC1)c1ccc(C)cc1C. The van der Waals surface area contributed by atoms with Crippen LogP contribution in [0, 0.1) is 19.8 Å². The van der Waals surface area contributed by atoms with Gasteiger partial charge in [0.2, 0.25) is 5.91 Å². The summed E-state index contributed by atoms with van der Waals surface area (Å²) < 4.78 is 0. The fourth-order valence-electron chi connectivity index (χ4n) is 3.40. The summed E-state index contributed by atoms with van der Waals surface area (Å²) in [5.41, 5.74) is 3.80. The Kier molecular flexibility index (Phi) is 6.01. The number of piperidine rings is 1. The normalized spacial score (nSPS) is 18.2. The van der Waals surface area contributed by atoms with Crippen molar-refractivity contribution in [1.29, 1.82) is 0 Å². The van der Waals surface area contributed by atoms with Crippen LogP contribution in [0.1, 0.15) is 55.3 Å².